The Kier molecular flexibility index (Phi) is 12.5. The van der Waals surface area contributed by atoms with Gasteiger partial charge in [0.05, 0.1) is 0 Å². The van der Waals surface area contributed by atoms with Crippen LogP contribution in [0.3, 0.4) is 0 Å². The molecule has 0 radical (unpaired) electrons. The van der Waals surface area contributed by atoms with Crippen molar-refractivity contribution in [3.8, 4) is 5.75 Å². The summed E-state index contributed by atoms with van der Waals surface area (Å²) in [7, 11) is 0. The Hall–Kier alpha value is -3.18. The molecule has 0 aromatic heterocycles. The molecular formula is C27H42N4O7. The van der Waals surface area contributed by atoms with E-state index in [0.29, 0.717) is 24.8 Å². The van der Waals surface area contributed by atoms with E-state index in [2.05, 4.69) is 17.6 Å². The molecule has 1 aliphatic rings. The van der Waals surface area contributed by atoms with E-state index in [4.69, 9.17) is 5.73 Å². The average Bonchev–Trinajstić information content (AvgIpc) is 3.38. The lowest BCUT2D eigenvalue weighted by Crippen LogP contribution is -2.56. The lowest BCUT2D eigenvalue weighted by Gasteiger charge is -2.29. The fourth-order valence-corrected chi connectivity index (χ4v) is 4.58. The molecule has 0 aliphatic carbocycles. The van der Waals surface area contributed by atoms with Crippen molar-refractivity contribution >= 4 is 23.7 Å². The Morgan fingerprint density at radius 3 is 2.37 bits per heavy atom. The highest BCUT2D eigenvalue weighted by atomic mass is 16.4. The number of hydrogen-bond acceptors (Lipinski definition) is 7. The molecule has 0 spiro atoms. The number of amides is 3. The second kappa shape index (κ2) is 15.3. The minimum atomic E-state index is -1.45. The van der Waals surface area contributed by atoms with Gasteiger partial charge >= 0.3 is 5.97 Å². The van der Waals surface area contributed by atoms with Crippen molar-refractivity contribution in [2.24, 2.45) is 5.73 Å². The van der Waals surface area contributed by atoms with Crippen LogP contribution in [0.4, 0.5) is 0 Å². The number of rotatable bonds is 15. The number of benzene rings is 1. The van der Waals surface area contributed by atoms with Crippen LogP contribution in [-0.2, 0) is 25.6 Å². The monoisotopic (exact) mass is 534 g/mol. The summed E-state index contributed by atoms with van der Waals surface area (Å²) < 4.78 is 0. The number of aliphatic carboxylic acids is 1. The number of phenols is 1. The van der Waals surface area contributed by atoms with E-state index < -0.39 is 54.0 Å². The summed E-state index contributed by atoms with van der Waals surface area (Å²) in [6.07, 6.45) is 5.04. The maximum absolute atomic E-state index is 13.1. The number of nitrogens with zero attached hydrogens (tertiary/aromatic N) is 1. The number of aliphatic hydroxyl groups is 1. The first kappa shape index (κ1) is 31.0. The van der Waals surface area contributed by atoms with Gasteiger partial charge in [0.1, 0.15) is 30.0 Å². The molecule has 212 valence electrons. The van der Waals surface area contributed by atoms with Crippen molar-refractivity contribution in [3.05, 3.63) is 29.8 Å². The first-order valence-electron chi connectivity index (χ1n) is 13.4. The van der Waals surface area contributed by atoms with Crippen LogP contribution in [0.25, 0.3) is 0 Å². The topological polar surface area (TPSA) is 182 Å². The van der Waals surface area contributed by atoms with E-state index in [0.717, 1.165) is 32.1 Å². The molecule has 1 saturated heterocycles. The second-order valence-corrected chi connectivity index (χ2v) is 10.0. The summed E-state index contributed by atoms with van der Waals surface area (Å²) in [6.45, 7) is 3.87. The number of aliphatic hydroxyl groups excluding tert-OH is 1. The van der Waals surface area contributed by atoms with Crippen LogP contribution < -0.4 is 16.4 Å². The van der Waals surface area contributed by atoms with Gasteiger partial charge in [0.2, 0.25) is 11.8 Å². The molecule has 11 heteroatoms. The molecule has 0 unspecified atom stereocenters. The highest BCUT2D eigenvalue weighted by molar-refractivity contribution is 5.94. The van der Waals surface area contributed by atoms with Crippen molar-refractivity contribution in [1.82, 2.24) is 15.5 Å². The molecule has 1 heterocycles. The molecule has 11 nitrogen and oxygen atoms in total. The number of aromatic hydroxyl groups is 1. The molecule has 7 N–H and O–H groups in total. The second-order valence-electron chi connectivity index (χ2n) is 10.0. The number of likely N-dealkylation sites (tertiary alicyclic amines) is 1. The van der Waals surface area contributed by atoms with Crippen LogP contribution >= 0.6 is 0 Å². The number of carbonyl (C=O) groups is 4. The number of carboxylic acid groups (broad SMARTS) is 1. The summed E-state index contributed by atoms with van der Waals surface area (Å²) >= 11 is 0. The lowest BCUT2D eigenvalue weighted by atomic mass is 10.0. The van der Waals surface area contributed by atoms with Gasteiger partial charge in [-0.3, -0.25) is 14.4 Å². The summed E-state index contributed by atoms with van der Waals surface area (Å²) in [4.78, 5) is 51.7. The van der Waals surface area contributed by atoms with Gasteiger partial charge in [-0.2, -0.15) is 0 Å². The molecule has 1 aliphatic heterocycles. The number of carboxylic acids is 1. The van der Waals surface area contributed by atoms with Gasteiger partial charge in [-0.15, -0.1) is 0 Å². The Bertz CT molecular complexity index is 940. The lowest BCUT2D eigenvalue weighted by molar-refractivity contribution is -0.145. The highest BCUT2D eigenvalue weighted by Crippen LogP contribution is 2.20. The van der Waals surface area contributed by atoms with Crippen molar-refractivity contribution in [3.63, 3.8) is 0 Å². The molecule has 0 saturated carbocycles. The van der Waals surface area contributed by atoms with Crippen LogP contribution in [-0.4, -0.2) is 80.7 Å². The smallest absolute Gasteiger partial charge is 0.326 e. The molecule has 1 aromatic rings. The standard InChI is InChI=1S/C27H42N4O7/c1-3-4-5-6-7-9-20(28)23(33)25(35)29-17(2)26(36)31-15-8-10-22(31)24(34)30-21(27(37)38)16-18-11-13-19(32)14-12-18/h11-14,17,20-23,32-33H,3-10,15-16,28H2,1-2H3,(H,29,35)(H,30,34)(H,37,38)/t17-,20+,21+,22-,23+/m1/s1. The van der Waals surface area contributed by atoms with Crippen molar-refractivity contribution in [2.75, 3.05) is 6.54 Å². The Morgan fingerprint density at radius 1 is 1.08 bits per heavy atom. The zero-order valence-electron chi connectivity index (χ0n) is 22.3. The minimum absolute atomic E-state index is 0.00519. The maximum Gasteiger partial charge on any atom is 0.326 e. The van der Waals surface area contributed by atoms with Crippen molar-refractivity contribution < 1.29 is 34.5 Å². The van der Waals surface area contributed by atoms with E-state index >= 15 is 0 Å². The van der Waals surface area contributed by atoms with Crippen molar-refractivity contribution in [2.45, 2.75) is 102 Å². The number of nitrogens with two attached hydrogens (primary N) is 1. The molecule has 5 atom stereocenters. The van der Waals surface area contributed by atoms with Crippen LogP contribution in [0.5, 0.6) is 5.75 Å². The normalized spacial score (nSPS) is 18.3. The summed E-state index contributed by atoms with van der Waals surface area (Å²) in [5, 5.41) is 34.4. The van der Waals surface area contributed by atoms with E-state index in [9.17, 15) is 34.5 Å². The van der Waals surface area contributed by atoms with E-state index in [1.54, 1.807) is 12.1 Å². The minimum Gasteiger partial charge on any atom is -0.508 e. The number of carbonyl (C=O) groups excluding carboxylic acids is 3. The fourth-order valence-electron chi connectivity index (χ4n) is 4.58. The SMILES string of the molecule is CCCCCCC[C@H](N)[C@H](O)C(=O)N[C@H](C)C(=O)N1CCC[C@@H]1C(=O)N[C@@H](Cc1ccc(O)cc1)C(=O)O. The van der Waals surface area contributed by atoms with E-state index in [1.807, 2.05) is 0 Å². The third-order valence-corrected chi connectivity index (χ3v) is 6.87. The molecule has 3 amide bonds. The van der Waals surface area contributed by atoms with Gasteiger partial charge in [0, 0.05) is 19.0 Å². The highest BCUT2D eigenvalue weighted by Gasteiger charge is 2.38. The van der Waals surface area contributed by atoms with Crippen LogP contribution in [0.2, 0.25) is 0 Å². The van der Waals surface area contributed by atoms with Crippen LogP contribution in [0.1, 0.15) is 70.8 Å². The molecular weight excluding hydrogens is 492 g/mol. The zero-order valence-corrected chi connectivity index (χ0v) is 22.3. The van der Waals surface area contributed by atoms with Gasteiger partial charge in [0.15, 0.2) is 0 Å². The van der Waals surface area contributed by atoms with Crippen molar-refractivity contribution in [1.29, 1.82) is 0 Å². The first-order valence-corrected chi connectivity index (χ1v) is 13.4. The van der Waals surface area contributed by atoms with Gasteiger partial charge in [0.25, 0.3) is 5.91 Å². The predicted octanol–water partition coefficient (Wildman–Crippen LogP) is 1.05. The summed E-state index contributed by atoms with van der Waals surface area (Å²) in [6, 6.07) is 2.15. The number of phenolic OH excluding ortho intramolecular Hbond substituents is 1. The van der Waals surface area contributed by atoms with Gasteiger partial charge < -0.3 is 36.6 Å². The average molecular weight is 535 g/mol. The number of hydrogen-bond donors (Lipinski definition) is 6. The first-order chi connectivity index (χ1) is 18.0. The largest absolute Gasteiger partial charge is 0.508 e. The number of unbranched alkanes of at least 4 members (excludes halogenated alkanes) is 4. The summed E-state index contributed by atoms with van der Waals surface area (Å²) in [5.74, 6) is -3.01. The molecule has 0 bridgehead atoms. The van der Waals surface area contributed by atoms with Crippen LogP contribution in [0, 0.1) is 0 Å². The Morgan fingerprint density at radius 2 is 1.74 bits per heavy atom. The molecule has 1 aromatic carbocycles. The fraction of sp³-hybridized carbons (Fsp3) is 0.630. The van der Waals surface area contributed by atoms with Gasteiger partial charge in [-0.1, -0.05) is 51.2 Å². The maximum atomic E-state index is 13.1. The molecule has 1 fully saturated rings. The Balaban J connectivity index is 1.92. The summed E-state index contributed by atoms with van der Waals surface area (Å²) in [5.41, 5.74) is 6.60. The van der Waals surface area contributed by atoms with E-state index in [1.165, 1.54) is 24.0 Å². The van der Waals surface area contributed by atoms with Gasteiger partial charge in [-0.05, 0) is 43.9 Å². The van der Waals surface area contributed by atoms with Gasteiger partial charge in [-0.25, -0.2) is 4.79 Å². The third kappa shape index (κ3) is 9.29. The predicted molar refractivity (Wildman–Crippen MR) is 141 cm³/mol. The quantitative estimate of drug-likeness (QED) is 0.180. The molecule has 2 rings (SSSR count). The van der Waals surface area contributed by atoms with E-state index in [-0.39, 0.29) is 18.7 Å². The third-order valence-electron chi connectivity index (χ3n) is 6.87. The molecule has 38 heavy (non-hydrogen) atoms. The number of nitrogens with one attached hydrogen (secondary N) is 2. The Labute approximate surface area is 223 Å². The van der Waals surface area contributed by atoms with Crippen LogP contribution in [0.15, 0.2) is 24.3 Å². The zero-order chi connectivity index (χ0) is 28.2.